The normalized spacial score (nSPS) is 20.7. The summed E-state index contributed by atoms with van der Waals surface area (Å²) >= 11 is 0. The van der Waals surface area contributed by atoms with Crippen molar-refractivity contribution < 1.29 is 4.79 Å². The van der Waals surface area contributed by atoms with Gasteiger partial charge in [-0.3, -0.25) is 4.79 Å². The van der Waals surface area contributed by atoms with Crippen LogP contribution in [0.25, 0.3) is 0 Å². The maximum absolute atomic E-state index is 13.3. The zero-order valence-corrected chi connectivity index (χ0v) is 15.4. The van der Waals surface area contributed by atoms with Gasteiger partial charge in [-0.05, 0) is 55.3 Å². The summed E-state index contributed by atoms with van der Waals surface area (Å²) in [5.74, 6) is 0.607. The van der Waals surface area contributed by atoms with E-state index in [1.165, 1.54) is 11.1 Å². The van der Waals surface area contributed by atoms with Crippen LogP contribution in [0.5, 0.6) is 0 Å². The Hall–Kier alpha value is -2.13. The van der Waals surface area contributed by atoms with Gasteiger partial charge in [-0.15, -0.1) is 0 Å². The second kappa shape index (κ2) is 7.63. The van der Waals surface area contributed by atoms with Gasteiger partial charge in [-0.2, -0.15) is 0 Å². The van der Waals surface area contributed by atoms with Crippen LogP contribution in [0.2, 0.25) is 0 Å². The van der Waals surface area contributed by atoms with Crippen LogP contribution in [-0.2, 0) is 17.8 Å². The van der Waals surface area contributed by atoms with Crippen molar-refractivity contribution in [2.75, 3.05) is 19.6 Å². The lowest BCUT2D eigenvalue weighted by atomic mass is 9.91. The highest BCUT2D eigenvalue weighted by atomic mass is 16.2. The lowest BCUT2D eigenvalue weighted by molar-refractivity contribution is -0.134. The summed E-state index contributed by atoms with van der Waals surface area (Å²) in [6, 6.07) is 20.9. The van der Waals surface area contributed by atoms with E-state index in [1.807, 2.05) is 12.1 Å². The minimum atomic E-state index is 0.240. The predicted molar refractivity (Wildman–Crippen MR) is 105 cm³/mol. The van der Waals surface area contributed by atoms with Crippen LogP contribution in [0.4, 0.5) is 0 Å². The number of hydrogen-bond donors (Lipinski definition) is 1. The van der Waals surface area contributed by atoms with E-state index in [2.05, 4.69) is 58.7 Å². The monoisotopic (exact) mass is 348 g/mol. The molecule has 1 amide bonds. The molecule has 1 aliphatic carbocycles. The average molecular weight is 348 g/mol. The molecular weight excluding hydrogens is 320 g/mol. The lowest BCUT2D eigenvalue weighted by Gasteiger charge is -2.27. The first kappa shape index (κ1) is 17.3. The Labute approximate surface area is 156 Å². The summed E-state index contributed by atoms with van der Waals surface area (Å²) in [4.78, 5) is 15.4. The molecule has 4 rings (SSSR count). The van der Waals surface area contributed by atoms with Gasteiger partial charge in [0.05, 0.1) is 0 Å². The van der Waals surface area contributed by atoms with Crippen LogP contribution in [0.3, 0.4) is 0 Å². The SMILES string of the molecule is O=C(C1CC12CCNCC2)N(CCc1ccccc1)Cc1ccccc1. The van der Waals surface area contributed by atoms with E-state index in [-0.39, 0.29) is 5.92 Å². The molecule has 3 nitrogen and oxygen atoms in total. The van der Waals surface area contributed by atoms with Crippen molar-refractivity contribution in [2.24, 2.45) is 11.3 Å². The maximum atomic E-state index is 13.3. The largest absolute Gasteiger partial charge is 0.338 e. The third kappa shape index (κ3) is 3.83. The van der Waals surface area contributed by atoms with Crippen molar-refractivity contribution in [3.63, 3.8) is 0 Å². The number of carbonyl (C=O) groups excluding carboxylic acids is 1. The Balaban J connectivity index is 1.45. The zero-order valence-electron chi connectivity index (χ0n) is 15.4. The van der Waals surface area contributed by atoms with Crippen LogP contribution in [0.15, 0.2) is 60.7 Å². The fourth-order valence-electron chi connectivity index (χ4n) is 4.37. The Bertz CT molecular complexity index is 722. The molecule has 2 fully saturated rings. The standard InChI is InChI=1S/C23H28N2O/c26-22(21-17-23(21)12-14-24-15-13-23)25(18-20-9-5-2-6-10-20)16-11-19-7-3-1-4-8-19/h1-10,21,24H,11-18H2. The van der Waals surface area contributed by atoms with Gasteiger partial charge in [0.1, 0.15) is 0 Å². The van der Waals surface area contributed by atoms with Gasteiger partial charge in [-0.1, -0.05) is 60.7 Å². The maximum Gasteiger partial charge on any atom is 0.226 e. The molecule has 1 unspecified atom stereocenters. The Morgan fingerprint density at radius 3 is 2.23 bits per heavy atom. The van der Waals surface area contributed by atoms with E-state index in [4.69, 9.17) is 0 Å². The van der Waals surface area contributed by atoms with E-state index in [0.29, 0.717) is 11.3 Å². The van der Waals surface area contributed by atoms with Crippen LogP contribution in [-0.4, -0.2) is 30.4 Å². The summed E-state index contributed by atoms with van der Waals surface area (Å²) in [7, 11) is 0. The number of nitrogens with one attached hydrogen (secondary N) is 1. The van der Waals surface area contributed by atoms with Crippen molar-refractivity contribution >= 4 is 5.91 Å². The number of rotatable bonds is 6. The van der Waals surface area contributed by atoms with Crippen molar-refractivity contribution in [1.82, 2.24) is 10.2 Å². The van der Waals surface area contributed by atoms with Crippen molar-refractivity contribution in [1.29, 1.82) is 0 Å². The summed E-state index contributed by atoms with van der Waals surface area (Å²) in [5.41, 5.74) is 2.81. The molecule has 0 bridgehead atoms. The van der Waals surface area contributed by atoms with Crippen LogP contribution in [0, 0.1) is 11.3 Å². The third-order valence-corrected chi connectivity index (χ3v) is 6.13. The molecule has 0 aromatic heterocycles. The summed E-state index contributed by atoms with van der Waals surface area (Å²) in [6.07, 6.45) is 4.31. The number of benzene rings is 2. The van der Waals surface area contributed by atoms with Crippen LogP contribution >= 0.6 is 0 Å². The Morgan fingerprint density at radius 2 is 1.58 bits per heavy atom. The smallest absolute Gasteiger partial charge is 0.226 e. The molecule has 2 aliphatic rings. The third-order valence-electron chi connectivity index (χ3n) is 6.13. The second-order valence-corrected chi connectivity index (χ2v) is 7.85. The quantitative estimate of drug-likeness (QED) is 0.864. The molecule has 1 N–H and O–H groups in total. The molecule has 0 radical (unpaired) electrons. The highest BCUT2D eigenvalue weighted by Crippen LogP contribution is 2.59. The predicted octanol–water partition coefficient (Wildman–Crippen LogP) is 3.65. The van der Waals surface area contributed by atoms with Crippen LogP contribution < -0.4 is 5.32 Å². The number of amides is 1. The van der Waals surface area contributed by atoms with Gasteiger partial charge in [-0.25, -0.2) is 0 Å². The molecule has 1 saturated carbocycles. The molecule has 26 heavy (non-hydrogen) atoms. The summed E-state index contributed by atoms with van der Waals surface area (Å²) in [6.45, 7) is 3.64. The fraction of sp³-hybridized carbons (Fsp3) is 0.435. The number of carbonyl (C=O) groups is 1. The van der Waals surface area contributed by atoms with Crippen molar-refractivity contribution in [2.45, 2.75) is 32.2 Å². The van der Waals surface area contributed by atoms with E-state index in [1.54, 1.807) is 0 Å². The van der Waals surface area contributed by atoms with Crippen LogP contribution in [0.1, 0.15) is 30.4 Å². The highest BCUT2D eigenvalue weighted by Gasteiger charge is 2.58. The molecular formula is C23H28N2O. The molecule has 1 aliphatic heterocycles. The molecule has 3 heteroatoms. The van der Waals surface area contributed by atoms with E-state index < -0.39 is 0 Å². The van der Waals surface area contributed by atoms with Gasteiger partial charge in [0.25, 0.3) is 0 Å². The molecule has 136 valence electrons. The first-order valence-electron chi connectivity index (χ1n) is 9.84. The van der Waals surface area contributed by atoms with Gasteiger partial charge < -0.3 is 10.2 Å². The second-order valence-electron chi connectivity index (χ2n) is 7.85. The Kier molecular flexibility index (Phi) is 5.07. The highest BCUT2D eigenvalue weighted by molar-refractivity contribution is 5.82. The summed E-state index contributed by atoms with van der Waals surface area (Å²) < 4.78 is 0. The van der Waals surface area contributed by atoms with Gasteiger partial charge in [0.15, 0.2) is 0 Å². The van der Waals surface area contributed by atoms with Crippen molar-refractivity contribution in [3.8, 4) is 0 Å². The first-order valence-corrected chi connectivity index (χ1v) is 9.84. The van der Waals surface area contributed by atoms with Gasteiger partial charge in [0, 0.05) is 19.0 Å². The molecule has 2 aromatic carbocycles. The lowest BCUT2D eigenvalue weighted by Crippen LogP contribution is -2.37. The molecule has 1 saturated heterocycles. The number of hydrogen-bond acceptors (Lipinski definition) is 2. The van der Waals surface area contributed by atoms with Gasteiger partial charge in [0.2, 0.25) is 5.91 Å². The van der Waals surface area contributed by atoms with E-state index in [9.17, 15) is 4.79 Å². The van der Waals surface area contributed by atoms with E-state index in [0.717, 1.165) is 51.9 Å². The zero-order chi connectivity index (χ0) is 17.8. The van der Waals surface area contributed by atoms with Gasteiger partial charge >= 0.3 is 0 Å². The minimum absolute atomic E-state index is 0.240. The molecule has 2 aromatic rings. The minimum Gasteiger partial charge on any atom is -0.338 e. The number of piperidine rings is 1. The topological polar surface area (TPSA) is 32.3 Å². The molecule has 1 spiro atoms. The summed E-state index contributed by atoms with van der Waals surface area (Å²) in [5, 5.41) is 3.43. The number of nitrogens with zero attached hydrogens (tertiary/aromatic N) is 1. The van der Waals surface area contributed by atoms with Crippen molar-refractivity contribution in [3.05, 3.63) is 71.8 Å². The first-order chi connectivity index (χ1) is 12.8. The molecule has 1 atom stereocenters. The Morgan fingerprint density at radius 1 is 0.962 bits per heavy atom. The average Bonchev–Trinajstić information content (AvgIpc) is 3.39. The molecule has 1 heterocycles. The fourth-order valence-corrected chi connectivity index (χ4v) is 4.37. The van der Waals surface area contributed by atoms with E-state index >= 15 is 0 Å².